The Bertz CT molecular complexity index is 2100. The van der Waals surface area contributed by atoms with Gasteiger partial charge < -0.3 is 40.2 Å². The number of carbonyl (C=O) groups is 4. The molecule has 0 saturated carbocycles. The molecule has 2 aromatic heterocycles. The zero-order valence-electron chi connectivity index (χ0n) is 30.5. The van der Waals surface area contributed by atoms with Crippen LogP contribution in [0.15, 0.2) is 97.3 Å². The summed E-state index contributed by atoms with van der Waals surface area (Å²) in [6.07, 6.45) is 6.26. The second-order valence-electron chi connectivity index (χ2n) is 13.8. The minimum absolute atomic E-state index is 0.208. The van der Waals surface area contributed by atoms with E-state index in [-0.39, 0.29) is 23.9 Å². The number of methoxy groups -OCH3 is 1. The van der Waals surface area contributed by atoms with Crippen LogP contribution in [0.2, 0.25) is 0 Å². The van der Waals surface area contributed by atoms with Gasteiger partial charge in [-0.25, -0.2) is 19.6 Å². The number of imidazole rings is 2. The summed E-state index contributed by atoms with van der Waals surface area (Å²) in [7, 11) is 1.28. The zero-order valence-corrected chi connectivity index (χ0v) is 30.5. The van der Waals surface area contributed by atoms with Gasteiger partial charge in [-0.3, -0.25) is 9.59 Å². The SMILES string of the molecule is COC(=O)N[C@@H](C(=O)N1CCC[C@H]1c1ncc(CCc2ccc(-c3cnc([C@@H]4CCCN4C(=O)[C@H](NC(=O)O)c4ccccc4)[nH]3)cc2)[nH]1)c1ccccc1. The molecule has 7 rings (SSSR count). The molecule has 2 aliphatic rings. The van der Waals surface area contributed by atoms with E-state index in [0.717, 1.165) is 66.9 Å². The summed E-state index contributed by atoms with van der Waals surface area (Å²) in [5, 5.41) is 14.6. The third-order valence-electron chi connectivity index (χ3n) is 10.4. The summed E-state index contributed by atoms with van der Waals surface area (Å²) in [6, 6.07) is 23.9. The Kier molecular flexibility index (Phi) is 11.2. The van der Waals surface area contributed by atoms with Crippen LogP contribution in [0.4, 0.5) is 9.59 Å². The van der Waals surface area contributed by atoms with Crippen molar-refractivity contribution >= 4 is 24.0 Å². The number of H-pyrrole nitrogens is 2. The molecule has 0 aliphatic carbocycles. The molecule has 4 atom stereocenters. The quantitative estimate of drug-likeness (QED) is 0.103. The molecule has 4 heterocycles. The predicted octanol–water partition coefficient (Wildman–Crippen LogP) is 6.02. The number of rotatable bonds is 12. The largest absolute Gasteiger partial charge is 0.465 e. The fraction of sp³-hybridized carbons (Fsp3) is 0.317. The number of hydrogen-bond donors (Lipinski definition) is 5. The maximum Gasteiger partial charge on any atom is 0.407 e. The number of aromatic nitrogens is 4. The van der Waals surface area contributed by atoms with Gasteiger partial charge in [0.05, 0.1) is 31.1 Å². The number of likely N-dealkylation sites (tertiary alicyclic amines) is 2. The Morgan fingerprint density at radius 2 is 1.29 bits per heavy atom. The van der Waals surface area contributed by atoms with Gasteiger partial charge in [0.15, 0.2) is 0 Å². The number of amides is 4. The molecule has 2 saturated heterocycles. The van der Waals surface area contributed by atoms with Crippen molar-refractivity contribution in [2.75, 3.05) is 20.2 Å². The molecule has 14 nitrogen and oxygen atoms in total. The molecule has 0 radical (unpaired) electrons. The number of ether oxygens (including phenoxy) is 1. The molecule has 5 N–H and O–H groups in total. The van der Waals surface area contributed by atoms with Crippen molar-refractivity contribution in [2.45, 2.75) is 62.7 Å². The summed E-state index contributed by atoms with van der Waals surface area (Å²) < 4.78 is 4.81. The molecule has 2 aliphatic heterocycles. The lowest BCUT2D eigenvalue weighted by Crippen LogP contribution is -2.42. The fourth-order valence-corrected chi connectivity index (χ4v) is 7.58. The van der Waals surface area contributed by atoms with Crippen molar-refractivity contribution < 1.29 is 29.0 Å². The molecular formula is C41H44N8O6. The van der Waals surface area contributed by atoms with E-state index in [0.29, 0.717) is 30.0 Å². The minimum atomic E-state index is -1.26. The van der Waals surface area contributed by atoms with Crippen LogP contribution >= 0.6 is 0 Å². The van der Waals surface area contributed by atoms with Crippen molar-refractivity contribution in [3.05, 3.63) is 131 Å². The molecule has 3 aromatic carbocycles. The molecule has 0 bridgehead atoms. The van der Waals surface area contributed by atoms with Crippen molar-refractivity contribution in [1.82, 2.24) is 40.4 Å². The number of nitrogens with one attached hydrogen (secondary N) is 4. The van der Waals surface area contributed by atoms with Gasteiger partial charge in [-0.15, -0.1) is 0 Å². The van der Waals surface area contributed by atoms with Crippen LogP contribution in [-0.2, 0) is 27.2 Å². The third-order valence-corrected chi connectivity index (χ3v) is 10.4. The average molecular weight is 745 g/mol. The number of alkyl carbamates (subject to hydrolysis) is 1. The standard InChI is InChI=1S/C41H44N8O6/c1-55-41(54)47-35(29-12-6-3-7-13-29)39(51)48-22-8-14-32(48)36-42-24-30(44-36)21-18-26-16-19-27(20-17-26)31-25-43-37(45-31)33-15-9-23-49(33)38(50)34(46-40(52)53)28-10-4-2-5-11-28/h2-7,10-13,16-17,19-20,24-25,32-35,46H,8-9,14-15,18,21-23H2,1H3,(H,42,44)(H,43,45)(H,47,54)(H,52,53)/t32-,33-,34+,35+/m0/s1. The molecule has 0 unspecified atom stereocenters. The lowest BCUT2D eigenvalue weighted by molar-refractivity contribution is -0.135. The lowest BCUT2D eigenvalue weighted by Gasteiger charge is -2.28. The highest BCUT2D eigenvalue weighted by Gasteiger charge is 2.38. The normalized spacial score (nSPS) is 17.8. The van der Waals surface area contributed by atoms with Gasteiger partial charge in [-0.1, -0.05) is 84.9 Å². The summed E-state index contributed by atoms with van der Waals surface area (Å²) in [5.74, 6) is 0.883. The Balaban J connectivity index is 0.971. The molecule has 14 heteroatoms. The number of carboxylic acid groups (broad SMARTS) is 1. The number of benzene rings is 3. The first-order valence-electron chi connectivity index (χ1n) is 18.5. The summed E-state index contributed by atoms with van der Waals surface area (Å²) in [6.45, 7) is 1.07. The number of aromatic amines is 2. The van der Waals surface area contributed by atoms with E-state index in [1.54, 1.807) is 40.3 Å². The predicted molar refractivity (Wildman–Crippen MR) is 202 cm³/mol. The molecule has 4 amide bonds. The Labute approximate surface area is 318 Å². The number of nitrogens with zero attached hydrogens (tertiary/aromatic N) is 4. The van der Waals surface area contributed by atoms with Gasteiger partial charge in [0.25, 0.3) is 11.8 Å². The first-order valence-corrected chi connectivity index (χ1v) is 18.5. The first-order chi connectivity index (χ1) is 26.8. The van der Waals surface area contributed by atoms with Crippen molar-refractivity contribution in [3.8, 4) is 11.3 Å². The van der Waals surface area contributed by atoms with Gasteiger partial charge in [-0.05, 0) is 60.8 Å². The van der Waals surface area contributed by atoms with Crippen LogP contribution in [0.25, 0.3) is 11.3 Å². The molecule has 2 fully saturated rings. The lowest BCUT2D eigenvalue weighted by atomic mass is 10.0. The van der Waals surface area contributed by atoms with Crippen LogP contribution in [0.3, 0.4) is 0 Å². The van der Waals surface area contributed by atoms with Crippen LogP contribution in [0.1, 0.15) is 83.9 Å². The number of hydrogen-bond acceptors (Lipinski definition) is 7. The van der Waals surface area contributed by atoms with Crippen molar-refractivity contribution in [3.63, 3.8) is 0 Å². The van der Waals surface area contributed by atoms with E-state index in [1.807, 2.05) is 54.7 Å². The zero-order chi connectivity index (χ0) is 38.3. The molecule has 284 valence electrons. The van der Waals surface area contributed by atoms with Crippen molar-refractivity contribution in [1.29, 1.82) is 0 Å². The van der Waals surface area contributed by atoms with Gasteiger partial charge in [0, 0.05) is 25.0 Å². The smallest absolute Gasteiger partial charge is 0.407 e. The van der Waals surface area contributed by atoms with Crippen LogP contribution in [0, 0.1) is 0 Å². The van der Waals surface area contributed by atoms with Crippen LogP contribution < -0.4 is 10.6 Å². The van der Waals surface area contributed by atoms with Gasteiger partial charge in [-0.2, -0.15) is 0 Å². The number of carbonyl (C=O) groups excluding carboxylic acids is 3. The maximum atomic E-state index is 13.8. The third kappa shape index (κ3) is 8.38. The van der Waals surface area contributed by atoms with Gasteiger partial charge >= 0.3 is 12.2 Å². The Hall–Kier alpha value is -6.44. The molecular weight excluding hydrogens is 701 g/mol. The fourth-order valence-electron chi connectivity index (χ4n) is 7.58. The van der Waals surface area contributed by atoms with E-state index in [1.165, 1.54) is 7.11 Å². The molecule has 55 heavy (non-hydrogen) atoms. The summed E-state index contributed by atoms with van der Waals surface area (Å²) in [4.78, 5) is 70.9. The van der Waals surface area contributed by atoms with Crippen LogP contribution in [0.5, 0.6) is 0 Å². The summed E-state index contributed by atoms with van der Waals surface area (Å²) >= 11 is 0. The average Bonchev–Trinajstić information content (AvgIpc) is 4.06. The highest BCUT2D eigenvalue weighted by Crippen LogP contribution is 2.35. The van der Waals surface area contributed by atoms with Gasteiger partial charge in [0.1, 0.15) is 23.7 Å². The number of aryl methyl sites for hydroxylation is 2. The Morgan fingerprint density at radius 3 is 1.85 bits per heavy atom. The maximum absolute atomic E-state index is 13.8. The molecule has 0 spiro atoms. The highest BCUT2D eigenvalue weighted by molar-refractivity contribution is 5.88. The van der Waals surface area contributed by atoms with Crippen LogP contribution in [-0.4, -0.2) is 79.0 Å². The van der Waals surface area contributed by atoms with E-state index in [2.05, 4.69) is 42.7 Å². The van der Waals surface area contributed by atoms with Crippen molar-refractivity contribution in [2.24, 2.45) is 0 Å². The van der Waals surface area contributed by atoms with E-state index in [9.17, 15) is 24.3 Å². The highest BCUT2D eigenvalue weighted by atomic mass is 16.5. The minimum Gasteiger partial charge on any atom is -0.465 e. The summed E-state index contributed by atoms with van der Waals surface area (Å²) in [5.41, 5.74) is 5.16. The Morgan fingerprint density at radius 1 is 0.745 bits per heavy atom. The van der Waals surface area contributed by atoms with E-state index in [4.69, 9.17) is 4.74 Å². The topological polar surface area (TPSA) is 186 Å². The first kappa shape index (κ1) is 36.9. The van der Waals surface area contributed by atoms with E-state index < -0.39 is 24.3 Å². The monoisotopic (exact) mass is 744 g/mol. The second-order valence-corrected chi connectivity index (χ2v) is 13.8. The van der Waals surface area contributed by atoms with E-state index >= 15 is 0 Å². The molecule has 5 aromatic rings. The second kappa shape index (κ2) is 16.7. The van der Waals surface area contributed by atoms with Gasteiger partial charge in [0.2, 0.25) is 0 Å².